The molecule has 8 heteroatoms. The number of likely N-dealkylation sites (tertiary alicyclic amines) is 2. The van der Waals surface area contributed by atoms with Crippen LogP contribution in [0, 0.1) is 11.7 Å². The summed E-state index contributed by atoms with van der Waals surface area (Å²) in [6.45, 7) is 5.61. The van der Waals surface area contributed by atoms with Gasteiger partial charge in [0.2, 0.25) is 11.8 Å². The topological polar surface area (TPSA) is 70.5 Å². The van der Waals surface area contributed by atoms with E-state index in [9.17, 15) is 14.0 Å². The van der Waals surface area contributed by atoms with E-state index in [2.05, 4.69) is 15.3 Å². The fourth-order valence-electron chi connectivity index (χ4n) is 4.49. The predicted octanol–water partition coefficient (Wildman–Crippen LogP) is 2.18. The summed E-state index contributed by atoms with van der Waals surface area (Å²) in [6.07, 6.45) is 2.08. The molecule has 2 fully saturated rings. The molecule has 0 aliphatic carbocycles. The highest BCUT2D eigenvalue weighted by molar-refractivity contribution is 5.89. The van der Waals surface area contributed by atoms with E-state index < -0.39 is 0 Å². The largest absolute Gasteiger partial charge is 0.353 e. The monoisotopic (exact) mass is 427 g/mol. The Kier molecular flexibility index (Phi) is 6.36. The van der Waals surface area contributed by atoms with Gasteiger partial charge in [0, 0.05) is 57.8 Å². The molecule has 0 saturated carbocycles. The third kappa shape index (κ3) is 4.79. The second-order valence-corrected chi connectivity index (χ2v) is 8.52. The number of halogens is 1. The second kappa shape index (κ2) is 9.18. The number of nitrogens with zero attached hydrogens (tertiary/aromatic N) is 4. The molecule has 31 heavy (non-hydrogen) atoms. The van der Waals surface area contributed by atoms with Crippen molar-refractivity contribution in [2.24, 2.45) is 13.0 Å². The van der Waals surface area contributed by atoms with Gasteiger partial charge in [-0.05, 0) is 38.0 Å². The molecule has 1 N–H and O–H groups in total. The molecule has 0 spiro atoms. The lowest BCUT2D eigenvalue weighted by Crippen LogP contribution is -2.46. The van der Waals surface area contributed by atoms with Crippen LogP contribution in [0.5, 0.6) is 0 Å². The molecule has 2 aliphatic rings. The van der Waals surface area contributed by atoms with E-state index in [1.165, 1.54) is 6.07 Å². The first kappa shape index (κ1) is 21.5. The Morgan fingerprint density at radius 3 is 2.68 bits per heavy atom. The Bertz CT molecular complexity index is 951. The lowest BCUT2D eigenvalue weighted by Gasteiger charge is -2.32. The van der Waals surface area contributed by atoms with E-state index in [0.717, 1.165) is 38.2 Å². The minimum absolute atomic E-state index is 0.00362. The first-order valence-electron chi connectivity index (χ1n) is 11.0. The zero-order valence-electron chi connectivity index (χ0n) is 18.2. The van der Waals surface area contributed by atoms with Gasteiger partial charge in [0.25, 0.3) is 0 Å². The van der Waals surface area contributed by atoms with Crippen molar-refractivity contribution in [3.8, 4) is 11.3 Å². The number of carbonyl (C=O) groups excluding carboxylic acids is 2. The number of nitrogens with one attached hydrogen (secondary N) is 1. The fourth-order valence-corrected chi connectivity index (χ4v) is 4.49. The number of carbonyl (C=O) groups is 2. The molecule has 2 aromatic rings. The smallest absolute Gasteiger partial charge is 0.225 e. The van der Waals surface area contributed by atoms with Gasteiger partial charge in [-0.15, -0.1) is 0 Å². The standard InChI is InChI=1S/C23H30FN5O2/c1-3-29-14-16(12-22(29)30)23(31)25-17-8-10-28(11-9-17)15-18-13-21(26-27(18)2)19-6-4-5-7-20(19)24/h4-7,13,16-17H,3,8-12,14-15H2,1-2H3,(H,25,31). The number of aromatic nitrogens is 2. The van der Waals surface area contributed by atoms with Crippen LogP contribution >= 0.6 is 0 Å². The number of hydrogen-bond acceptors (Lipinski definition) is 4. The van der Waals surface area contributed by atoms with Crippen LogP contribution in [-0.4, -0.2) is 63.6 Å². The Morgan fingerprint density at radius 1 is 1.26 bits per heavy atom. The van der Waals surface area contributed by atoms with Gasteiger partial charge in [-0.3, -0.25) is 19.2 Å². The molecule has 7 nitrogen and oxygen atoms in total. The van der Waals surface area contributed by atoms with Gasteiger partial charge in [0.05, 0.1) is 17.3 Å². The Balaban J connectivity index is 1.29. The number of piperidine rings is 1. The Morgan fingerprint density at radius 2 is 2.00 bits per heavy atom. The maximum absolute atomic E-state index is 14.1. The van der Waals surface area contributed by atoms with Crippen molar-refractivity contribution < 1.29 is 14.0 Å². The van der Waals surface area contributed by atoms with Gasteiger partial charge in [-0.25, -0.2) is 4.39 Å². The van der Waals surface area contributed by atoms with Crippen LogP contribution < -0.4 is 5.32 Å². The highest BCUT2D eigenvalue weighted by atomic mass is 19.1. The van der Waals surface area contributed by atoms with Crippen molar-refractivity contribution in [2.45, 2.75) is 38.8 Å². The van der Waals surface area contributed by atoms with E-state index in [4.69, 9.17) is 0 Å². The zero-order chi connectivity index (χ0) is 22.0. The lowest BCUT2D eigenvalue weighted by atomic mass is 10.0. The maximum Gasteiger partial charge on any atom is 0.225 e. The summed E-state index contributed by atoms with van der Waals surface area (Å²) in [4.78, 5) is 28.5. The van der Waals surface area contributed by atoms with Crippen LogP contribution in [0.25, 0.3) is 11.3 Å². The van der Waals surface area contributed by atoms with E-state index >= 15 is 0 Å². The van der Waals surface area contributed by atoms with Gasteiger partial charge in [0.15, 0.2) is 0 Å². The summed E-state index contributed by atoms with van der Waals surface area (Å²) in [6, 6.07) is 8.78. The van der Waals surface area contributed by atoms with Crippen molar-refractivity contribution in [1.29, 1.82) is 0 Å². The van der Waals surface area contributed by atoms with E-state index in [-0.39, 0.29) is 29.6 Å². The summed E-state index contributed by atoms with van der Waals surface area (Å²) >= 11 is 0. The molecule has 166 valence electrons. The van der Waals surface area contributed by atoms with Gasteiger partial charge < -0.3 is 10.2 Å². The Hall–Kier alpha value is -2.74. The number of hydrogen-bond donors (Lipinski definition) is 1. The predicted molar refractivity (Wildman–Crippen MR) is 115 cm³/mol. The van der Waals surface area contributed by atoms with Crippen molar-refractivity contribution in [3.05, 3.63) is 41.8 Å². The molecular formula is C23H30FN5O2. The van der Waals surface area contributed by atoms with Gasteiger partial charge in [-0.2, -0.15) is 5.10 Å². The van der Waals surface area contributed by atoms with E-state index in [1.54, 1.807) is 17.0 Å². The Labute approximate surface area is 182 Å². The number of amides is 2. The molecular weight excluding hydrogens is 397 g/mol. The average molecular weight is 428 g/mol. The van der Waals surface area contributed by atoms with Crippen LogP contribution in [0.2, 0.25) is 0 Å². The first-order valence-corrected chi connectivity index (χ1v) is 11.0. The summed E-state index contributed by atoms with van der Waals surface area (Å²) < 4.78 is 15.9. The minimum Gasteiger partial charge on any atom is -0.353 e. The molecule has 1 unspecified atom stereocenters. The zero-order valence-corrected chi connectivity index (χ0v) is 18.2. The van der Waals surface area contributed by atoms with Crippen LogP contribution in [-0.2, 0) is 23.2 Å². The molecule has 4 rings (SSSR count). The number of aryl methyl sites for hydroxylation is 1. The maximum atomic E-state index is 14.1. The molecule has 1 aromatic carbocycles. The van der Waals surface area contributed by atoms with Crippen molar-refractivity contribution in [3.63, 3.8) is 0 Å². The van der Waals surface area contributed by atoms with E-state index in [0.29, 0.717) is 30.8 Å². The highest BCUT2D eigenvalue weighted by Crippen LogP contribution is 2.24. The molecule has 0 bridgehead atoms. The van der Waals surface area contributed by atoms with Gasteiger partial charge in [0.1, 0.15) is 5.82 Å². The molecule has 2 saturated heterocycles. The molecule has 1 atom stereocenters. The fraction of sp³-hybridized carbons (Fsp3) is 0.522. The number of rotatable bonds is 6. The lowest BCUT2D eigenvalue weighted by molar-refractivity contribution is -0.129. The average Bonchev–Trinajstić information content (AvgIpc) is 3.32. The van der Waals surface area contributed by atoms with Crippen molar-refractivity contribution in [1.82, 2.24) is 24.9 Å². The summed E-state index contributed by atoms with van der Waals surface area (Å²) in [5.41, 5.74) is 2.19. The van der Waals surface area contributed by atoms with Crippen LogP contribution in [0.15, 0.2) is 30.3 Å². The second-order valence-electron chi connectivity index (χ2n) is 8.52. The quantitative estimate of drug-likeness (QED) is 0.767. The minimum atomic E-state index is -0.269. The SMILES string of the molecule is CCN1CC(C(=O)NC2CCN(Cc3cc(-c4ccccc4F)nn3C)CC2)CC1=O. The summed E-state index contributed by atoms with van der Waals surface area (Å²) in [7, 11) is 1.88. The third-order valence-electron chi connectivity index (χ3n) is 6.41. The summed E-state index contributed by atoms with van der Waals surface area (Å²) in [5, 5.41) is 7.64. The molecule has 1 aromatic heterocycles. The molecule has 0 radical (unpaired) electrons. The van der Waals surface area contributed by atoms with Gasteiger partial charge in [-0.1, -0.05) is 12.1 Å². The third-order valence-corrected chi connectivity index (χ3v) is 6.41. The van der Waals surface area contributed by atoms with Crippen LogP contribution in [0.1, 0.15) is 31.9 Å². The molecule has 3 heterocycles. The van der Waals surface area contributed by atoms with Crippen molar-refractivity contribution >= 4 is 11.8 Å². The highest BCUT2D eigenvalue weighted by Gasteiger charge is 2.34. The molecule has 2 aliphatic heterocycles. The van der Waals surface area contributed by atoms with Crippen LogP contribution in [0.3, 0.4) is 0 Å². The molecule has 2 amide bonds. The van der Waals surface area contributed by atoms with Crippen LogP contribution in [0.4, 0.5) is 4.39 Å². The number of benzene rings is 1. The first-order chi connectivity index (χ1) is 14.9. The van der Waals surface area contributed by atoms with Crippen molar-refractivity contribution in [2.75, 3.05) is 26.2 Å². The van der Waals surface area contributed by atoms with Gasteiger partial charge >= 0.3 is 0 Å². The normalized spacial score (nSPS) is 20.4. The summed E-state index contributed by atoms with van der Waals surface area (Å²) in [5.74, 6) is -0.418. The van der Waals surface area contributed by atoms with E-state index in [1.807, 2.05) is 30.8 Å².